The smallest absolute Gasteiger partial charge is 0.216 e. The van der Waals surface area contributed by atoms with Crippen LogP contribution in [0.3, 0.4) is 0 Å². The number of carbonyl (C=O) groups excluding carboxylic acids is 4. The Morgan fingerprint density at radius 3 is 0.846 bits per heavy atom. The number of hydrogen-bond acceptors (Lipinski definition) is 9. The molecule has 0 bridgehead atoms. The first-order valence-electron chi connectivity index (χ1n) is 11.6. The fourth-order valence-electron chi connectivity index (χ4n) is 3.40. The van der Waals surface area contributed by atoms with Crippen LogP contribution in [0.15, 0.2) is 130 Å². The SMILES string of the molecule is O=C(C(=NSSSN=C(C(=O)c1ccccc1)C(=O)c1ccccc1)C(=O)c1ccccc1)c1ccccc1. The van der Waals surface area contributed by atoms with Crippen LogP contribution in [0.25, 0.3) is 0 Å². The van der Waals surface area contributed by atoms with Gasteiger partial charge in [0.15, 0.2) is 11.4 Å². The number of benzene rings is 4. The Morgan fingerprint density at radius 1 is 0.385 bits per heavy atom. The average Bonchev–Trinajstić information content (AvgIpc) is 3.01. The van der Waals surface area contributed by atoms with Crippen LogP contribution < -0.4 is 0 Å². The van der Waals surface area contributed by atoms with Crippen LogP contribution in [0.4, 0.5) is 0 Å². The first-order chi connectivity index (χ1) is 19.1. The normalized spacial score (nSPS) is 10.3. The molecular weight excluding hydrogens is 549 g/mol. The van der Waals surface area contributed by atoms with E-state index in [1.54, 1.807) is 121 Å². The topological polar surface area (TPSA) is 93.0 Å². The summed E-state index contributed by atoms with van der Waals surface area (Å²) < 4.78 is 8.43. The van der Waals surface area contributed by atoms with E-state index in [0.717, 1.165) is 31.8 Å². The Labute approximate surface area is 237 Å². The van der Waals surface area contributed by atoms with Gasteiger partial charge in [0.1, 0.15) is 0 Å². The minimum absolute atomic E-state index is 0.240. The van der Waals surface area contributed by atoms with Crippen molar-refractivity contribution in [3.8, 4) is 0 Å². The highest BCUT2D eigenvalue weighted by atomic mass is 33.5. The molecular formula is C30H20N2O4S3. The van der Waals surface area contributed by atoms with Crippen molar-refractivity contribution in [2.24, 2.45) is 8.80 Å². The van der Waals surface area contributed by atoms with Gasteiger partial charge in [-0.05, 0) is 0 Å². The van der Waals surface area contributed by atoms with Crippen molar-refractivity contribution >= 4 is 66.3 Å². The Hall–Kier alpha value is -4.05. The molecule has 6 nitrogen and oxygen atoms in total. The first-order valence-corrected chi connectivity index (χ1v) is 15.0. The van der Waals surface area contributed by atoms with E-state index in [2.05, 4.69) is 8.80 Å². The largest absolute Gasteiger partial charge is 0.287 e. The third-order valence-corrected chi connectivity index (χ3v) is 7.87. The van der Waals surface area contributed by atoms with E-state index in [0.29, 0.717) is 22.3 Å². The molecule has 0 aliphatic heterocycles. The summed E-state index contributed by atoms with van der Waals surface area (Å²) >= 11 is 0. The third kappa shape index (κ3) is 7.51. The molecule has 0 amide bonds. The van der Waals surface area contributed by atoms with E-state index >= 15 is 0 Å². The molecule has 0 saturated heterocycles. The van der Waals surface area contributed by atoms with Crippen LogP contribution >= 0.6 is 31.8 Å². The van der Waals surface area contributed by atoms with Crippen molar-refractivity contribution in [2.75, 3.05) is 0 Å². The summed E-state index contributed by atoms with van der Waals surface area (Å²) in [4.78, 5) is 52.5. The third-order valence-electron chi connectivity index (χ3n) is 5.32. The van der Waals surface area contributed by atoms with Gasteiger partial charge in [-0.2, -0.15) is 8.80 Å². The van der Waals surface area contributed by atoms with Gasteiger partial charge in [0, 0.05) is 32.1 Å². The van der Waals surface area contributed by atoms with Gasteiger partial charge in [-0.15, -0.1) is 0 Å². The van der Waals surface area contributed by atoms with Crippen LogP contribution in [0.2, 0.25) is 0 Å². The quantitative estimate of drug-likeness (QED) is 0.0443. The molecule has 4 rings (SSSR count). The second kappa shape index (κ2) is 14.2. The Balaban J connectivity index is 1.55. The lowest BCUT2D eigenvalue weighted by atomic mass is 10.00. The number of hydrogen-bond donors (Lipinski definition) is 0. The van der Waals surface area contributed by atoms with E-state index in [1.807, 2.05) is 0 Å². The predicted molar refractivity (Wildman–Crippen MR) is 161 cm³/mol. The fraction of sp³-hybridized carbons (Fsp3) is 0. The van der Waals surface area contributed by atoms with E-state index in [9.17, 15) is 19.2 Å². The van der Waals surface area contributed by atoms with Crippen LogP contribution in [0, 0.1) is 0 Å². The predicted octanol–water partition coefficient (Wildman–Crippen LogP) is 7.26. The Bertz CT molecular complexity index is 1300. The average molecular weight is 569 g/mol. The highest BCUT2D eigenvalue weighted by molar-refractivity contribution is 9.09. The summed E-state index contributed by atoms with van der Waals surface area (Å²) in [5.74, 6) is -2.04. The second-order valence-corrected chi connectivity index (χ2v) is 11.2. The fourth-order valence-corrected chi connectivity index (χ4v) is 5.47. The van der Waals surface area contributed by atoms with Crippen molar-refractivity contribution in [3.05, 3.63) is 144 Å². The van der Waals surface area contributed by atoms with Crippen molar-refractivity contribution < 1.29 is 19.2 Å². The number of rotatable bonds is 12. The Kier molecular flexibility index (Phi) is 10.2. The Morgan fingerprint density at radius 2 is 0.615 bits per heavy atom. The highest BCUT2D eigenvalue weighted by Gasteiger charge is 2.25. The molecule has 0 fully saturated rings. The second-order valence-electron chi connectivity index (χ2n) is 7.88. The molecule has 0 unspecified atom stereocenters. The summed E-state index contributed by atoms with van der Waals surface area (Å²) in [5, 5.41) is 0. The monoisotopic (exact) mass is 568 g/mol. The van der Waals surface area contributed by atoms with Gasteiger partial charge in [0.2, 0.25) is 23.1 Å². The zero-order valence-electron chi connectivity index (χ0n) is 20.3. The standard InChI is InChI=1S/C30H20N2O4S3/c33-27(21-13-5-1-6-14-21)25(28(34)22-15-7-2-8-16-22)31-37-39-38-32-26(29(35)23-17-9-3-10-18-23)30(36)24-19-11-4-12-20-24/h1-20H. The molecule has 192 valence electrons. The van der Waals surface area contributed by atoms with Crippen LogP contribution in [0.1, 0.15) is 41.4 Å². The van der Waals surface area contributed by atoms with Crippen molar-refractivity contribution in [2.45, 2.75) is 0 Å². The molecule has 0 heterocycles. The molecule has 0 radical (unpaired) electrons. The molecule has 9 heteroatoms. The minimum Gasteiger partial charge on any atom is -0.287 e. The van der Waals surface area contributed by atoms with Crippen molar-refractivity contribution in [1.29, 1.82) is 0 Å². The zero-order valence-corrected chi connectivity index (χ0v) is 22.7. The number of Topliss-reactive ketones (excluding diaryl/α,β-unsaturated/α-hetero) is 4. The molecule has 0 atom stereocenters. The van der Waals surface area contributed by atoms with Gasteiger partial charge < -0.3 is 0 Å². The molecule has 0 saturated carbocycles. The summed E-state index contributed by atoms with van der Waals surface area (Å²) in [6.07, 6.45) is 0. The molecule has 0 aliphatic carbocycles. The zero-order chi connectivity index (χ0) is 27.5. The van der Waals surface area contributed by atoms with Gasteiger partial charge in [-0.25, -0.2) is 0 Å². The lowest BCUT2D eigenvalue weighted by Crippen LogP contribution is -2.24. The molecule has 0 aliphatic rings. The lowest BCUT2D eigenvalue weighted by Gasteiger charge is -2.06. The maximum atomic E-state index is 13.1. The molecule has 4 aromatic rings. The molecule has 0 aromatic heterocycles. The maximum absolute atomic E-state index is 13.1. The van der Waals surface area contributed by atoms with Gasteiger partial charge >= 0.3 is 0 Å². The number of carbonyl (C=O) groups is 4. The van der Waals surface area contributed by atoms with Crippen molar-refractivity contribution in [3.63, 3.8) is 0 Å². The summed E-state index contributed by atoms with van der Waals surface area (Å²) in [7, 11) is 2.73. The molecule has 4 aromatic carbocycles. The van der Waals surface area contributed by atoms with E-state index in [-0.39, 0.29) is 11.4 Å². The van der Waals surface area contributed by atoms with Crippen molar-refractivity contribution in [1.82, 2.24) is 0 Å². The number of ketones is 4. The molecule has 0 N–H and O–H groups in total. The van der Waals surface area contributed by atoms with E-state index in [1.165, 1.54) is 0 Å². The minimum atomic E-state index is -0.509. The molecule has 0 spiro atoms. The van der Waals surface area contributed by atoms with Crippen LogP contribution in [0.5, 0.6) is 0 Å². The van der Waals surface area contributed by atoms with E-state index < -0.39 is 23.1 Å². The first kappa shape index (κ1) is 28.0. The van der Waals surface area contributed by atoms with Gasteiger partial charge in [0.25, 0.3) is 0 Å². The number of nitrogens with zero attached hydrogens (tertiary/aromatic N) is 2. The van der Waals surface area contributed by atoms with Gasteiger partial charge in [0.05, 0.1) is 22.0 Å². The van der Waals surface area contributed by atoms with Crippen LogP contribution in [-0.2, 0) is 0 Å². The summed E-state index contributed by atoms with van der Waals surface area (Å²) in [6, 6.07) is 33.7. The molecule has 39 heavy (non-hydrogen) atoms. The summed E-state index contributed by atoms with van der Waals surface area (Å²) in [6.45, 7) is 0. The van der Waals surface area contributed by atoms with E-state index in [4.69, 9.17) is 0 Å². The highest BCUT2D eigenvalue weighted by Crippen LogP contribution is 2.37. The maximum Gasteiger partial charge on any atom is 0.216 e. The van der Waals surface area contributed by atoms with Crippen LogP contribution in [-0.4, -0.2) is 34.6 Å². The summed E-state index contributed by atoms with van der Waals surface area (Å²) in [5.41, 5.74) is 0.856. The van der Waals surface area contributed by atoms with Gasteiger partial charge in [-0.1, -0.05) is 121 Å². The lowest BCUT2D eigenvalue weighted by molar-refractivity contribution is 0.100. The van der Waals surface area contributed by atoms with Gasteiger partial charge in [-0.3, -0.25) is 19.2 Å².